The summed E-state index contributed by atoms with van der Waals surface area (Å²) in [5, 5.41) is 11.7. The first-order valence-corrected chi connectivity index (χ1v) is 6.70. The average molecular weight is 261 g/mol. The number of carbonyl (C=O) groups excluding carboxylic acids is 1. The van der Waals surface area contributed by atoms with Crippen molar-refractivity contribution in [2.75, 3.05) is 0 Å². The Hall–Kier alpha value is -1.84. The van der Waals surface area contributed by atoms with Crippen LogP contribution in [0.1, 0.15) is 31.2 Å². The van der Waals surface area contributed by atoms with Crippen molar-refractivity contribution in [1.29, 1.82) is 0 Å². The first-order valence-electron chi connectivity index (χ1n) is 6.70. The van der Waals surface area contributed by atoms with Crippen LogP contribution in [-0.4, -0.2) is 23.0 Å². The standard InChI is InChI=1S/C15H19NO3/c17-14(9-6-11-4-2-1-3-5-11)16-13(10-15(18)19)12-7-8-12/h1-5,12-13H,6-10H2,(H,16,17)(H,18,19). The summed E-state index contributed by atoms with van der Waals surface area (Å²) in [7, 11) is 0. The maximum Gasteiger partial charge on any atom is 0.305 e. The lowest BCUT2D eigenvalue weighted by Crippen LogP contribution is -2.38. The van der Waals surface area contributed by atoms with Crippen molar-refractivity contribution in [3.63, 3.8) is 0 Å². The van der Waals surface area contributed by atoms with E-state index in [1.54, 1.807) is 0 Å². The molecule has 2 N–H and O–H groups in total. The zero-order chi connectivity index (χ0) is 13.7. The molecule has 4 heteroatoms. The van der Waals surface area contributed by atoms with E-state index in [1.807, 2.05) is 30.3 Å². The van der Waals surface area contributed by atoms with E-state index in [9.17, 15) is 9.59 Å². The Balaban J connectivity index is 1.77. The summed E-state index contributed by atoms with van der Waals surface area (Å²) < 4.78 is 0. The van der Waals surface area contributed by atoms with Crippen molar-refractivity contribution < 1.29 is 14.7 Å². The maximum absolute atomic E-state index is 11.8. The minimum absolute atomic E-state index is 0.0295. The molecule has 1 aromatic carbocycles. The van der Waals surface area contributed by atoms with Crippen LogP contribution in [0.2, 0.25) is 0 Å². The molecule has 0 heterocycles. The summed E-state index contributed by atoms with van der Waals surface area (Å²) in [5.41, 5.74) is 1.12. The number of hydrogen-bond acceptors (Lipinski definition) is 2. The van der Waals surface area contributed by atoms with E-state index in [4.69, 9.17) is 5.11 Å². The number of benzene rings is 1. The van der Waals surface area contributed by atoms with Crippen molar-refractivity contribution in [2.45, 2.75) is 38.1 Å². The monoisotopic (exact) mass is 261 g/mol. The number of carboxylic acid groups (broad SMARTS) is 1. The molecule has 0 aliphatic heterocycles. The fourth-order valence-electron chi connectivity index (χ4n) is 2.20. The normalized spacial score (nSPS) is 15.8. The highest BCUT2D eigenvalue weighted by Gasteiger charge is 2.33. The Labute approximate surface area is 112 Å². The van der Waals surface area contributed by atoms with Gasteiger partial charge in [-0.25, -0.2) is 0 Å². The van der Waals surface area contributed by atoms with Gasteiger partial charge in [-0.1, -0.05) is 30.3 Å². The molecule has 4 nitrogen and oxygen atoms in total. The van der Waals surface area contributed by atoms with Crippen LogP contribution < -0.4 is 5.32 Å². The summed E-state index contributed by atoms with van der Waals surface area (Å²) in [4.78, 5) is 22.6. The van der Waals surface area contributed by atoms with Crippen LogP contribution in [0, 0.1) is 5.92 Å². The largest absolute Gasteiger partial charge is 0.481 e. The van der Waals surface area contributed by atoms with Gasteiger partial charge in [0.25, 0.3) is 0 Å². The first kappa shape index (κ1) is 13.6. The van der Waals surface area contributed by atoms with E-state index in [0.29, 0.717) is 18.8 Å². The lowest BCUT2D eigenvalue weighted by molar-refractivity contribution is -0.137. The zero-order valence-corrected chi connectivity index (χ0v) is 10.8. The molecule has 1 aliphatic rings. The minimum atomic E-state index is -0.847. The number of carboxylic acids is 1. The summed E-state index contributed by atoms with van der Waals surface area (Å²) in [6.45, 7) is 0. The Morgan fingerprint density at radius 3 is 2.53 bits per heavy atom. The van der Waals surface area contributed by atoms with Crippen molar-refractivity contribution in [1.82, 2.24) is 5.32 Å². The molecule has 0 saturated heterocycles. The second-order valence-corrected chi connectivity index (χ2v) is 5.09. The van der Waals surface area contributed by atoms with Crippen molar-refractivity contribution in [3.05, 3.63) is 35.9 Å². The number of hydrogen-bond donors (Lipinski definition) is 2. The third-order valence-corrected chi connectivity index (χ3v) is 3.42. The number of rotatable bonds is 7. The second kappa shape index (κ2) is 6.36. The highest BCUT2D eigenvalue weighted by Crippen LogP contribution is 2.34. The number of carbonyl (C=O) groups is 2. The molecule has 1 atom stereocenters. The van der Waals surface area contributed by atoms with E-state index in [-0.39, 0.29) is 18.4 Å². The summed E-state index contributed by atoms with van der Waals surface area (Å²) in [5.74, 6) is -0.543. The molecule has 0 spiro atoms. The summed E-state index contributed by atoms with van der Waals surface area (Å²) >= 11 is 0. The van der Waals surface area contributed by atoms with Gasteiger partial charge in [0, 0.05) is 12.5 Å². The predicted octanol–water partition coefficient (Wildman–Crippen LogP) is 1.99. The fourth-order valence-corrected chi connectivity index (χ4v) is 2.20. The van der Waals surface area contributed by atoms with Gasteiger partial charge in [-0.05, 0) is 30.7 Å². The van der Waals surface area contributed by atoms with Crippen molar-refractivity contribution >= 4 is 11.9 Å². The van der Waals surface area contributed by atoms with E-state index in [2.05, 4.69) is 5.32 Å². The van der Waals surface area contributed by atoms with Crippen molar-refractivity contribution in [3.8, 4) is 0 Å². The minimum Gasteiger partial charge on any atom is -0.481 e. The average Bonchev–Trinajstić information content (AvgIpc) is 3.20. The fraction of sp³-hybridized carbons (Fsp3) is 0.467. The second-order valence-electron chi connectivity index (χ2n) is 5.09. The molecule has 1 unspecified atom stereocenters. The van der Waals surface area contributed by atoms with Crippen LogP contribution >= 0.6 is 0 Å². The van der Waals surface area contributed by atoms with Gasteiger partial charge in [0.1, 0.15) is 0 Å². The van der Waals surface area contributed by atoms with Gasteiger partial charge in [-0.3, -0.25) is 9.59 Å². The summed E-state index contributed by atoms with van der Waals surface area (Å²) in [6, 6.07) is 9.63. The van der Waals surface area contributed by atoms with Crippen molar-refractivity contribution in [2.24, 2.45) is 5.92 Å². The van der Waals surface area contributed by atoms with Gasteiger partial charge in [-0.15, -0.1) is 0 Å². The smallest absolute Gasteiger partial charge is 0.305 e. The quantitative estimate of drug-likeness (QED) is 0.788. The molecule has 19 heavy (non-hydrogen) atoms. The van der Waals surface area contributed by atoms with Crippen LogP contribution in [0.4, 0.5) is 0 Å². The number of aliphatic carboxylic acids is 1. The molecule has 1 fully saturated rings. The lowest BCUT2D eigenvalue weighted by Gasteiger charge is -2.16. The Morgan fingerprint density at radius 1 is 1.26 bits per heavy atom. The zero-order valence-electron chi connectivity index (χ0n) is 10.8. The molecular weight excluding hydrogens is 242 g/mol. The Morgan fingerprint density at radius 2 is 1.95 bits per heavy atom. The maximum atomic E-state index is 11.8. The lowest BCUT2D eigenvalue weighted by atomic mass is 10.1. The molecule has 0 bridgehead atoms. The third kappa shape index (κ3) is 4.73. The van der Waals surface area contributed by atoms with Gasteiger partial charge in [0.2, 0.25) is 5.91 Å². The van der Waals surface area contributed by atoms with Gasteiger partial charge in [-0.2, -0.15) is 0 Å². The molecule has 2 rings (SSSR count). The van der Waals surface area contributed by atoms with Crippen LogP contribution in [0.25, 0.3) is 0 Å². The topological polar surface area (TPSA) is 66.4 Å². The van der Waals surface area contributed by atoms with Crippen LogP contribution in [0.15, 0.2) is 30.3 Å². The molecular formula is C15H19NO3. The van der Waals surface area contributed by atoms with Gasteiger partial charge < -0.3 is 10.4 Å². The van der Waals surface area contributed by atoms with Gasteiger partial charge >= 0.3 is 5.97 Å². The molecule has 0 radical (unpaired) electrons. The molecule has 1 saturated carbocycles. The highest BCUT2D eigenvalue weighted by atomic mass is 16.4. The Bertz CT molecular complexity index is 440. The van der Waals surface area contributed by atoms with Gasteiger partial charge in [0.05, 0.1) is 6.42 Å². The van der Waals surface area contributed by atoms with E-state index >= 15 is 0 Å². The van der Waals surface area contributed by atoms with Crippen LogP contribution in [0.5, 0.6) is 0 Å². The highest BCUT2D eigenvalue weighted by molar-refractivity contribution is 5.77. The predicted molar refractivity (Wildman–Crippen MR) is 71.7 cm³/mol. The first-order chi connectivity index (χ1) is 9.15. The van der Waals surface area contributed by atoms with E-state index in [0.717, 1.165) is 18.4 Å². The summed E-state index contributed by atoms with van der Waals surface area (Å²) in [6.07, 6.45) is 3.18. The number of nitrogens with one attached hydrogen (secondary N) is 1. The molecule has 1 aromatic rings. The van der Waals surface area contributed by atoms with Crippen LogP contribution in [-0.2, 0) is 16.0 Å². The molecule has 1 amide bonds. The molecule has 102 valence electrons. The van der Waals surface area contributed by atoms with Crippen LogP contribution in [0.3, 0.4) is 0 Å². The van der Waals surface area contributed by atoms with Gasteiger partial charge in [0.15, 0.2) is 0 Å². The third-order valence-electron chi connectivity index (χ3n) is 3.42. The Kier molecular flexibility index (Phi) is 4.55. The van der Waals surface area contributed by atoms with E-state index < -0.39 is 5.97 Å². The number of aryl methyl sites for hydroxylation is 1. The molecule has 1 aliphatic carbocycles. The molecule has 0 aromatic heterocycles. The van der Waals surface area contributed by atoms with E-state index in [1.165, 1.54) is 0 Å². The SMILES string of the molecule is O=C(O)CC(NC(=O)CCc1ccccc1)C1CC1. The number of amides is 1.